The Bertz CT molecular complexity index is 1010. The summed E-state index contributed by atoms with van der Waals surface area (Å²) in [5.41, 5.74) is 0.922. The fourth-order valence-corrected chi connectivity index (χ4v) is 4.18. The van der Waals surface area contributed by atoms with E-state index in [9.17, 15) is 14.9 Å². The predicted octanol–water partition coefficient (Wildman–Crippen LogP) is 4.93. The summed E-state index contributed by atoms with van der Waals surface area (Å²) in [5.74, 6) is 0.238. The topological polar surface area (TPSA) is 75.9 Å². The van der Waals surface area contributed by atoms with Crippen molar-refractivity contribution < 1.29 is 14.5 Å². The van der Waals surface area contributed by atoms with E-state index in [4.69, 9.17) is 39.5 Å². The molecule has 1 fully saturated rings. The van der Waals surface area contributed by atoms with E-state index in [1.54, 1.807) is 35.2 Å². The predicted molar refractivity (Wildman–Crippen MR) is 119 cm³/mol. The van der Waals surface area contributed by atoms with E-state index in [-0.39, 0.29) is 11.6 Å². The van der Waals surface area contributed by atoms with Crippen molar-refractivity contribution in [2.24, 2.45) is 0 Å². The molecular formula is C20H18Cl3N3O4. The summed E-state index contributed by atoms with van der Waals surface area (Å²) in [7, 11) is 1.49. The molecule has 0 unspecified atom stereocenters. The monoisotopic (exact) mass is 469 g/mol. The van der Waals surface area contributed by atoms with Crippen LogP contribution in [-0.2, 0) is 4.79 Å². The van der Waals surface area contributed by atoms with Gasteiger partial charge in [-0.15, -0.1) is 0 Å². The van der Waals surface area contributed by atoms with Gasteiger partial charge in [0.2, 0.25) is 5.91 Å². The number of hydrogen-bond acceptors (Lipinski definition) is 5. The number of amides is 1. The number of rotatable bonds is 5. The molecule has 0 radical (unpaired) electrons. The zero-order valence-corrected chi connectivity index (χ0v) is 18.2. The lowest BCUT2D eigenvalue weighted by molar-refractivity contribution is -0.384. The van der Waals surface area contributed by atoms with E-state index in [1.807, 2.05) is 4.90 Å². The average Bonchev–Trinajstić information content (AvgIpc) is 2.71. The zero-order valence-electron chi connectivity index (χ0n) is 16.0. The number of piperazine rings is 1. The quantitative estimate of drug-likeness (QED) is 0.352. The normalized spacial score (nSPS) is 14.3. The van der Waals surface area contributed by atoms with E-state index >= 15 is 0 Å². The Morgan fingerprint density at radius 3 is 2.47 bits per heavy atom. The molecule has 0 atom stereocenters. The van der Waals surface area contributed by atoms with E-state index in [0.29, 0.717) is 58.2 Å². The standard InChI is InChI=1S/C20H18Cl3N3O4/c1-30-20-13(11-14(21)12-16(20)23)5-6-18(27)24-7-9-25(10-8-24)19-15(22)3-2-4-17(19)26(28)29/h2-6,11-12H,7-10H2,1H3/b6-5+. The van der Waals surface area contributed by atoms with Gasteiger partial charge in [0.15, 0.2) is 0 Å². The van der Waals surface area contributed by atoms with Crippen LogP contribution < -0.4 is 9.64 Å². The highest BCUT2D eigenvalue weighted by Gasteiger charge is 2.27. The van der Waals surface area contributed by atoms with Crippen LogP contribution in [0.3, 0.4) is 0 Å². The molecule has 2 aromatic rings. The third-order valence-electron chi connectivity index (χ3n) is 4.72. The van der Waals surface area contributed by atoms with Gasteiger partial charge in [-0.3, -0.25) is 14.9 Å². The van der Waals surface area contributed by atoms with Gasteiger partial charge in [0, 0.05) is 48.9 Å². The van der Waals surface area contributed by atoms with Gasteiger partial charge in [-0.25, -0.2) is 0 Å². The lowest BCUT2D eigenvalue weighted by Crippen LogP contribution is -2.48. The summed E-state index contributed by atoms with van der Waals surface area (Å²) in [5, 5.41) is 12.4. The van der Waals surface area contributed by atoms with Crippen LogP contribution in [0.4, 0.5) is 11.4 Å². The van der Waals surface area contributed by atoms with Crippen molar-refractivity contribution in [2.45, 2.75) is 0 Å². The van der Waals surface area contributed by atoms with Crippen LogP contribution in [-0.4, -0.2) is 49.0 Å². The number of hydrogen-bond donors (Lipinski definition) is 0. The molecule has 7 nitrogen and oxygen atoms in total. The number of carbonyl (C=O) groups is 1. The molecule has 0 bridgehead atoms. The first-order valence-electron chi connectivity index (χ1n) is 8.99. The highest BCUT2D eigenvalue weighted by Crippen LogP contribution is 2.36. The first-order chi connectivity index (χ1) is 14.3. The number of nitro benzene ring substituents is 1. The smallest absolute Gasteiger partial charge is 0.294 e. The number of nitrogens with zero attached hydrogens (tertiary/aromatic N) is 3. The molecule has 0 N–H and O–H groups in total. The molecule has 0 aromatic heterocycles. The average molecular weight is 471 g/mol. The van der Waals surface area contributed by atoms with Crippen molar-refractivity contribution in [1.82, 2.24) is 4.90 Å². The van der Waals surface area contributed by atoms with Gasteiger partial charge in [-0.2, -0.15) is 0 Å². The van der Waals surface area contributed by atoms with E-state index in [1.165, 1.54) is 19.3 Å². The molecule has 158 valence electrons. The SMILES string of the molecule is COc1c(Cl)cc(Cl)cc1/C=C/C(=O)N1CCN(c2c(Cl)cccc2[N+](=O)[O-])CC1. The lowest BCUT2D eigenvalue weighted by atomic mass is 10.1. The Balaban J connectivity index is 1.70. The van der Waals surface area contributed by atoms with Crippen LogP contribution >= 0.6 is 34.8 Å². The zero-order chi connectivity index (χ0) is 21.8. The summed E-state index contributed by atoms with van der Waals surface area (Å²) in [4.78, 5) is 27.0. The Morgan fingerprint density at radius 2 is 1.83 bits per heavy atom. The summed E-state index contributed by atoms with van der Waals surface area (Å²) in [6.45, 7) is 1.66. The molecule has 3 rings (SSSR count). The van der Waals surface area contributed by atoms with Gasteiger partial charge in [0.25, 0.3) is 5.69 Å². The number of halogens is 3. The van der Waals surface area contributed by atoms with Gasteiger partial charge >= 0.3 is 0 Å². The summed E-state index contributed by atoms with van der Waals surface area (Å²) in [6.07, 6.45) is 3.03. The maximum atomic E-state index is 12.6. The molecule has 1 aliphatic heterocycles. The molecule has 10 heteroatoms. The number of ether oxygens (including phenoxy) is 1. The Kier molecular flexibility index (Phi) is 7.07. The van der Waals surface area contributed by atoms with Gasteiger partial charge in [0.05, 0.1) is 22.1 Å². The number of para-hydroxylation sites is 1. The summed E-state index contributed by atoms with van der Waals surface area (Å²) >= 11 is 18.4. The fraction of sp³-hybridized carbons (Fsp3) is 0.250. The van der Waals surface area contributed by atoms with Crippen LogP contribution in [0.15, 0.2) is 36.4 Å². The van der Waals surface area contributed by atoms with Crippen LogP contribution in [0.2, 0.25) is 15.1 Å². The Labute approximate surface area is 188 Å². The fourth-order valence-electron chi connectivity index (χ4n) is 3.30. The van der Waals surface area contributed by atoms with Crippen LogP contribution in [0.5, 0.6) is 5.75 Å². The third kappa shape index (κ3) is 4.80. The number of nitro groups is 1. The van der Waals surface area contributed by atoms with Gasteiger partial charge in [-0.1, -0.05) is 40.9 Å². The number of methoxy groups -OCH3 is 1. The van der Waals surface area contributed by atoms with E-state index in [0.717, 1.165) is 0 Å². The maximum Gasteiger partial charge on any atom is 0.294 e. The molecule has 0 spiro atoms. The van der Waals surface area contributed by atoms with Gasteiger partial charge < -0.3 is 14.5 Å². The Hall–Kier alpha value is -2.48. The van der Waals surface area contributed by atoms with Crippen molar-refractivity contribution >= 4 is 58.2 Å². The second-order valence-corrected chi connectivity index (χ2v) is 7.77. The van der Waals surface area contributed by atoms with Crippen molar-refractivity contribution in [3.63, 3.8) is 0 Å². The van der Waals surface area contributed by atoms with Gasteiger partial charge in [0.1, 0.15) is 11.4 Å². The first-order valence-corrected chi connectivity index (χ1v) is 10.1. The lowest BCUT2D eigenvalue weighted by Gasteiger charge is -2.35. The number of benzene rings is 2. The molecule has 1 amide bonds. The minimum Gasteiger partial charge on any atom is -0.495 e. The number of carbonyl (C=O) groups excluding carboxylic acids is 1. The van der Waals surface area contributed by atoms with Crippen molar-refractivity contribution in [3.05, 3.63) is 67.2 Å². The summed E-state index contributed by atoms with van der Waals surface area (Å²) < 4.78 is 5.27. The molecule has 0 aliphatic carbocycles. The highest BCUT2D eigenvalue weighted by molar-refractivity contribution is 6.36. The molecule has 1 saturated heterocycles. The molecule has 2 aromatic carbocycles. The van der Waals surface area contributed by atoms with E-state index < -0.39 is 4.92 Å². The van der Waals surface area contributed by atoms with E-state index in [2.05, 4.69) is 0 Å². The maximum absolute atomic E-state index is 12.6. The molecule has 1 aliphatic rings. The molecule has 1 heterocycles. The van der Waals surface area contributed by atoms with Crippen molar-refractivity contribution in [3.8, 4) is 5.75 Å². The Morgan fingerprint density at radius 1 is 1.13 bits per heavy atom. The number of anilines is 1. The second-order valence-electron chi connectivity index (χ2n) is 6.52. The largest absolute Gasteiger partial charge is 0.495 e. The van der Waals surface area contributed by atoms with Crippen LogP contribution in [0.1, 0.15) is 5.56 Å². The minimum absolute atomic E-state index is 0.0490. The molecular weight excluding hydrogens is 453 g/mol. The van der Waals surface area contributed by atoms with Gasteiger partial charge in [-0.05, 0) is 24.3 Å². The van der Waals surface area contributed by atoms with Crippen molar-refractivity contribution in [2.75, 3.05) is 38.2 Å². The van der Waals surface area contributed by atoms with Crippen molar-refractivity contribution in [1.29, 1.82) is 0 Å². The second kappa shape index (κ2) is 9.55. The molecule has 30 heavy (non-hydrogen) atoms. The molecule has 0 saturated carbocycles. The van der Waals surface area contributed by atoms with Crippen LogP contribution in [0.25, 0.3) is 6.08 Å². The summed E-state index contributed by atoms with van der Waals surface area (Å²) in [6, 6.07) is 7.81. The highest BCUT2D eigenvalue weighted by atomic mass is 35.5. The third-order valence-corrected chi connectivity index (χ3v) is 5.52. The first kappa shape index (κ1) is 22.2. The minimum atomic E-state index is -0.453. The van der Waals surface area contributed by atoms with Crippen LogP contribution in [0, 0.1) is 10.1 Å².